The fourth-order valence-corrected chi connectivity index (χ4v) is 6.27. The standard InChI is InChI=1S/C27H37ClN3O9P/c1-17(2)13-22(26(33)38-20-7-5-4-6-8-20)30-41(35,40-21-11-9-19(28)10-12-21)37-16-24-36-15-23(39-24)31-14-18(3)25(32)29-27(31)34/h9-12,14,17,20,22-24H,4-8,13,15-16H2,1-3H3,(H,30,35)(H,29,32,34)/t22?,23-,24-,41?/m1/s1. The van der Waals surface area contributed by atoms with Crippen LogP contribution in [0.4, 0.5) is 0 Å². The number of ether oxygens (including phenoxy) is 3. The van der Waals surface area contributed by atoms with Gasteiger partial charge >= 0.3 is 19.4 Å². The summed E-state index contributed by atoms with van der Waals surface area (Å²) in [6.45, 7) is 5.08. The molecule has 2 N–H and O–H groups in total. The van der Waals surface area contributed by atoms with Crippen molar-refractivity contribution in [3.8, 4) is 5.75 Å². The molecular weight excluding hydrogens is 577 g/mol. The van der Waals surface area contributed by atoms with Crippen LogP contribution in [0.5, 0.6) is 5.75 Å². The van der Waals surface area contributed by atoms with Crippen LogP contribution in [-0.2, 0) is 28.1 Å². The van der Waals surface area contributed by atoms with E-state index in [0.717, 1.165) is 32.1 Å². The van der Waals surface area contributed by atoms with Gasteiger partial charge in [-0.1, -0.05) is 31.9 Å². The van der Waals surface area contributed by atoms with Gasteiger partial charge in [0.2, 0.25) is 0 Å². The second kappa shape index (κ2) is 14.1. The Morgan fingerprint density at radius 1 is 1.20 bits per heavy atom. The van der Waals surface area contributed by atoms with E-state index in [1.165, 1.54) is 22.9 Å². The molecule has 1 aliphatic heterocycles. The highest BCUT2D eigenvalue weighted by Gasteiger charge is 2.38. The lowest BCUT2D eigenvalue weighted by atomic mass is 9.97. The fourth-order valence-electron chi connectivity index (χ4n) is 4.65. The van der Waals surface area contributed by atoms with E-state index in [2.05, 4.69) is 10.1 Å². The Labute approximate surface area is 243 Å². The topological polar surface area (TPSA) is 147 Å². The van der Waals surface area contributed by atoms with Crippen molar-refractivity contribution in [1.29, 1.82) is 0 Å². The number of nitrogens with zero attached hydrogens (tertiary/aromatic N) is 1. The summed E-state index contributed by atoms with van der Waals surface area (Å²) in [5.74, 6) is -0.248. The van der Waals surface area contributed by atoms with E-state index in [0.29, 0.717) is 17.0 Å². The number of aryl methyl sites for hydroxylation is 1. The molecule has 2 heterocycles. The molecule has 4 atom stereocenters. The van der Waals surface area contributed by atoms with Crippen LogP contribution in [0.15, 0.2) is 40.1 Å². The molecule has 1 saturated heterocycles. The van der Waals surface area contributed by atoms with Crippen LogP contribution in [0.25, 0.3) is 0 Å². The zero-order chi connectivity index (χ0) is 29.6. The molecule has 2 aliphatic rings. The molecule has 12 nitrogen and oxygen atoms in total. The highest BCUT2D eigenvalue weighted by atomic mass is 35.5. The summed E-state index contributed by atoms with van der Waals surface area (Å²) in [6.07, 6.45) is 4.37. The third kappa shape index (κ3) is 9.01. The zero-order valence-electron chi connectivity index (χ0n) is 23.4. The van der Waals surface area contributed by atoms with E-state index < -0.39 is 43.5 Å². The Bertz CT molecular complexity index is 1340. The highest BCUT2D eigenvalue weighted by molar-refractivity contribution is 7.52. The lowest BCUT2D eigenvalue weighted by molar-refractivity contribution is -0.153. The molecule has 1 aromatic carbocycles. The molecule has 2 aromatic rings. The Kier molecular flexibility index (Phi) is 10.8. The number of aromatic nitrogens is 2. The summed E-state index contributed by atoms with van der Waals surface area (Å²) < 4.78 is 44.0. The van der Waals surface area contributed by atoms with Crippen LogP contribution < -0.4 is 20.9 Å². The number of carbonyl (C=O) groups is 1. The third-order valence-electron chi connectivity index (χ3n) is 6.75. The van der Waals surface area contributed by atoms with Gasteiger partial charge in [-0.3, -0.25) is 23.7 Å². The Morgan fingerprint density at radius 2 is 1.90 bits per heavy atom. The molecule has 14 heteroatoms. The van der Waals surface area contributed by atoms with Gasteiger partial charge in [0, 0.05) is 16.8 Å². The Balaban J connectivity index is 1.48. The number of hydrogen-bond donors (Lipinski definition) is 2. The summed E-state index contributed by atoms with van der Waals surface area (Å²) in [5.41, 5.74) is -0.814. The van der Waals surface area contributed by atoms with Gasteiger partial charge < -0.3 is 18.7 Å². The monoisotopic (exact) mass is 613 g/mol. The maximum absolute atomic E-state index is 14.1. The molecular formula is C27H37ClN3O9P. The van der Waals surface area contributed by atoms with Crippen molar-refractivity contribution in [2.45, 2.75) is 84.0 Å². The number of rotatable bonds is 12. The molecule has 2 unspecified atom stereocenters. The Morgan fingerprint density at radius 3 is 2.59 bits per heavy atom. The molecule has 2 fully saturated rings. The molecule has 1 aromatic heterocycles. The van der Waals surface area contributed by atoms with Crippen molar-refractivity contribution >= 4 is 25.3 Å². The first kappa shape index (κ1) is 31.5. The third-order valence-corrected chi connectivity index (χ3v) is 8.57. The molecule has 1 saturated carbocycles. The fraction of sp³-hybridized carbons (Fsp3) is 0.593. The van der Waals surface area contributed by atoms with Gasteiger partial charge in [-0.05, 0) is 69.2 Å². The van der Waals surface area contributed by atoms with Gasteiger partial charge in [0.15, 0.2) is 12.5 Å². The van der Waals surface area contributed by atoms with Gasteiger partial charge in [-0.25, -0.2) is 9.36 Å². The SMILES string of the molecule is Cc1cn([C@H]2CO[C@@H](COP(=O)(NC(CC(C)C)C(=O)OC3CCCCC3)Oc3ccc(Cl)cc3)O2)c(=O)[nH]c1=O. The van der Waals surface area contributed by atoms with E-state index in [-0.39, 0.29) is 31.0 Å². The summed E-state index contributed by atoms with van der Waals surface area (Å²) in [5, 5.41) is 3.26. The second-order valence-corrected chi connectivity index (χ2v) is 12.8. The first-order valence-electron chi connectivity index (χ1n) is 13.8. The van der Waals surface area contributed by atoms with Crippen LogP contribution in [0, 0.1) is 12.8 Å². The number of benzene rings is 1. The molecule has 226 valence electrons. The lowest BCUT2D eigenvalue weighted by Gasteiger charge is -2.28. The van der Waals surface area contributed by atoms with E-state index in [1.54, 1.807) is 19.1 Å². The van der Waals surface area contributed by atoms with Crippen LogP contribution in [0.3, 0.4) is 0 Å². The molecule has 4 rings (SSSR count). The van der Waals surface area contributed by atoms with Crippen molar-refractivity contribution in [2.24, 2.45) is 5.92 Å². The van der Waals surface area contributed by atoms with E-state index in [9.17, 15) is 18.9 Å². The van der Waals surface area contributed by atoms with Crippen molar-refractivity contribution in [2.75, 3.05) is 13.2 Å². The number of nitrogens with one attached hydrogen (secondary N) is 2. The quantitative estimate of drug-likeness (QED) is 0.260. The minimum absolute atomic E-state index is 0.0150. The maximum Gasteiger partial charge on any atom is 0.459 e. The van der Waals surface area contributed by atoms with Crippen molar-refractivity contribution in [1.82, 2.24) is 14.6 Å². The number of H-pyrrole nitrogens is 1. The molecule has 0 bridgehead atoms. The number of halogens is 1. The zero-order valence-corrected chi connectivity index (χ0v) is 25.0. The molecule has 0 spiro atoms. The van der Waals surface area contributed by atoms with Gasteiger partial charge in [0.25, 0.3) is 5.56 Å². The lowest BCUT2D eigenvalue weighted by Crippen LogP contribution is -2.41. The minimum atomic E-state index is -4.21. The molecule has 0 radical (unpaired) electrons. The number of carbonyl (C=O) groups excluding carboxylic acids is 1. The van der Waals surface area contributed by atoms with Crippen molar-refractivity contribution in [3.63, 3.8) is 0 Å². The summed E-state index contributed by atoms with van der Waals surface area (Å²) in [6, 6.07) is 5.24. The normalized spacial score (nSPS) is 21.9. The minimum Gasteiger partial charge on any atom is -0.461 e. The predicted molar refractivity (Wildman–Crippen MR) is 151 cm³/mol. The summed E-state index contributed by atoms with van der Waals surface area (Å²) in [7, 11) is -4.21. The van der Waals surface area contributed by atoms with Crippen LogP contribution in [-0.4, -0.2) is 47.2 Å². The van der Waals surface area contributed by atoms with Crippen molar-refractivity contribution in [3.05, 3.63) is 61.9 Å². The van der Waals surface area contributed by atoms with Crippen LogP contribution in [0.2, 0.25) is 5.02 Å². The predicted octanol–water partition coefficient (Wildman–Crippen LogP) is 4.45. The molecule has 41 heavy (non-hydrogen) atoms. The first-order valence-corrected chi connectivity index (χ1v) is 15.7. The maximum atomic E-state index is 14.1. The first-order chi connectivity index (χ1) is 19.5. The Hall–Kier alpha value is -2.47. The highest BCUT2D eigenvalue weighted by Crippen LogP contribution is 2.46. The average Bonchev–Trinajstić information content (AvgIpc) is 3.40. The van der Waals surface area contributed by atoms with Gasteiger partial charge in [-0.15, -0.1) is 0 Å². The van der Waals surface area contributed by atoms with Gasteiger partial charge in [-0.2, -0.15) is 5.09 Å². The second-order valence-electron chi connectivity index (χ2n) is 10.7. The molecule has 0 amide bonds. The number of hydrogen-bond acceptors (Lipinski definition) is 9. The smallest absolute Gasteiger partial charge is 0.459 e. The number of esters is 1. The summed E-state index contributed by atoms with van der Waals surface area (Å²) >= 11 is 5.99. The van der Waals surface area contributed by atoms with E-state index in [1.807, 2.05) is 13.8 Å². The van der Waals surface area contributed by atoms with E-state index >= 15 is 0 Å². The summed E-state index contributed by atoms with van der Waals surface area (Å²) in [4.78, 5) is 39.4. The van der Waals surface area contributed by atoms with E-state index in [4.69, 9.17) is 34.9 Å². The number of aromatic amines is 1. The molecule has 1 aliphatic carbocycles. The van der Waals surface area contributed by atoms with Crippen LogP contribution >= 0.6 is 19.3 Å². The van der Waals surface area contributed by atoms with Crippen molar-refractivity contribution < 1.29 is 32.6 Å². The van der Waals surface area contributed by atoms with Gasteiger partial charge in [0.1, 0.15) is 24.5 Å². The van der Waals surface area contributed by atoms with Crippen LogP contribution in [0.1, 0.15) is 64.2 Å². The largest absolute Gasteiger partial charge is 0.461 e. The van der Waals surface area contributed by atoms with Gasteiger partial charge in [0.05, 0.1) is 6.61 Å². The average molecular weight is 614 g/mol.